The van der Waals surface area contributed by atoms with Crippen molar-refractivity contribution in [2.24, 2.45) is 7.05 Å². The molecule has 0 N–H and O–H groups in total. The van der Waals surface area contributed by atoms with Crippen molar-refractivity contribution in [1.29, 1.82) is 0 Å². The number of alkyl halides is 1. The second-order valence-electron chi connectivity index (χ2n) is 4.19. The molecule has 1 unspecified atom stereocenters. The molecule has 0 fully saturated rings. The predicted molar refractivity (Wildman–Crippen MR) is 70.5 cm³/mol. The Hall–Kier alpha value is -1.60. The lowest BCUT2D eigenvalue weighted by molar-refractivity contribution is -0.384. The van der Waals surface area contributed by atoms with Gasteiger partial charge in [0.15, 0.2) is 0 Å². The third-order valence-corrected chi connectivity index (χ3v) is 2.85. The van der Waals surface area contributed by atoms with Crippen LogP contribution in [0.4, 0.5) is 5.69 Å². The third kappa shape index (κ3) is 3.93. The first-order valence-electron chi connectivity index (χ1n) is 5.56. The first kappa shape index (κ1) is 15.5. The van der Waals surface area contributed by atoms with Crippen LogP contribution in [-0.4, -0.2) is 53.0 Å². The van der Waals surface area contributed by atoms with Crippen LogP contribution in [0.1, 0.15) is 10.5 Å². The smallest absolute Gasteiger partial charge is 0.287 e. The van der Waals surface area contributed by atoms with E-state index in [0.29, 0.717) is 13.2 Å². The maximum atomic E-state index is 12.1. The molecule has 1 aromatic rings. The van der Waals surface area contributed by atoms with Crippen LogP contribution in [-0.2, 0) is 11.8 Å². The van der Waals surface area contributed by atoms with E-state index in [2.05, 4.69) is 0 Å². The van der Waals surface area contributed by atoms with Gasteiger partial charge < -0.3 is 14.2 Å². The van der Waals surface area contributed by atoms with Crippen LogP contribution in [0.3, 0.4) is 0 Å². The van der Waals surface area contributed by atoms with Crippen molar-refractivity contribution in [3.63, 3.8) is 0 Å². The average Bonchev–Trinajstić information content (AvgIpc) is 2.70. The molecule has 1 heterocycles. The second-order valence-corrected chi connectivity index (χ2v) is 4.81. The largest absolute Gasteiger partial charge is 0.383 e. The number of rotatable bonds is 6. The van der Waals surface area contributed by atoms with E-state index in [-0.39, 0.29) is 22.7 Å². The van der Waals surface area contributed by atoms with Crippen molar-refractivity contribution in [2.45, 2.75) is 5.38 Å². The van der Waals surface area contributed by atoms with Gasteiger partial charge in [0.2, 0.25) is 0 Å². The summed E-state index contributed by atoms with van der Waals surface area (Å²) in [5.74, 6) is -0.322. The summed E-state index contributed by atoms with van der Waals surface area (Å²) in [6, 6.07) is 1.25. The number of carbonyl (C=O) groups is 1. The zero-order valence-corrected chi connectivity index (χ0v) is 11.8. The van der Waals surface area contributed by atoms with Crippen LogP contribution in [0.2, 0.25) is 0 Å². The molecular weight excluding hydrogens is 274 g/mol. The molecule has 0 radical (unpaired) electrons. The van der Waals surface area contributed by atoms with E-state index in [4.69, 9.17) is 16.3 Å². The number of methoxy groups -OCH3 is 1. The molecule has 0 saturated heterocycles. The van der Waals surface area contributed by atoms with Crippen LogP contribution in [0.15, 0.2) is 12.3 Å². The number of carbonyl (C=O) groups excluding carboxylic acids is 1. The highest BCUT2D eigenvalue weighted by molar-refractivity contribution is 6.21. The minimum atomic E-state index is -0.536. The molecule has 1 aromatic heterocycles. The van der Waals surface area contributed by atoms with Crippen LogP contribution < -0.4 is 0 Å². The van der Waals surface area contributed by atoms with Crippen LogP contribution in [0, 0.1) is 10.1 Å². The van der Waals surface area contributed by atoms with Gasteiger partial charge in [0, 0.05) is 33.8 Å². The minimum absolute atomic E-state index is 0.112. The van der Waals surface area contributed by atoms with Crippen molar-refractivity contribution < 1.29 is 14.5 Å². The fraction of sp³-hybridized carbons (Fsp3) is 0.545. The van der Waals surface area contributed by atoms with Gasteiger partial charge in [0.1, 0.15) is 5.69 Å². The molecule has 0 aromatic carbocycles. The van der Waals surface area contributed by atoms with Gasteiger partial charge in [-0.3, -0.25) is 14.9 Å². The predicted octanol–water partition coefficient (Wildman–Crippen LogP) is 1.26. The highest BCUT2D eigenvalue weighted by Gasteiger charge is 2.21. The Bertz CT molecular complexity index is 475. The standard InChI is InChI=1S/C11H16ClN3O4/c1-13-6-9(15(17)18)4-10(13)11(16)14(2)5-8(12)7-19-3/h4,6,8H,5,7H2,1-3H3. The quantitative estimate of drug-likeness (QED) is 0.449. The molecule has 0 spiro atoms. The number of nitro groups is 1. The van der Waals surface area contributed by atoms with Gasteiger partial charge in [0.25, 0.3) is 11.6 Å². The zero-order valence-electron chi connectivity index (χ0n) is 11.0. The van der Waals surface area contributed by atoms with E-state index < -0.39 is 4.92 Å². The van der Waals surface area contributed by atoms with Crippen molar-refractivity contribution in [1.82, 2.24) is 9.47 Å². The van der Waals surface area contributed by atoms with Gasteiger partial charge in [-0.15, -0.1) is 11.6 Å². The molecule has 0 saturated carbocycles. The van der Waals surface area contributed by atoms with E-state index in [1.54, 1.807) is 14.1 Å². The lowest BCUT2D eigenvalue weighted by Crippen LogP contribution is -2.34. The Morgan fingerprint density at radius 2 is 2.32 bits per heavy atom. The molecular formula is C11H16ClN3O4. The summed E-state index contributed by atoms with van der Waals surface area (Å²) in [5.41, 5.74) is 0.133. The van der Waals surface area contributed by atoms with E-state index in [0.717, 1.165) is 0 Å². The van der Waals surface area contributed by atoms with Crippen molar-refractivity contribution in [2.75, 3.05) is 27.3 Å². The highest BCUT2D eigenvalue weighted by atomic mass is 35.5. The molecule has 106 valence electrons. The molecule has 7 nitrogen and oxygen atoms in total. The van der Waals surface area contributed by atoms with Gasteiger partial charge in [-0.25, -0.2) is 0 Å². The maximum absolute atomic E-state index is 12.1. The SMILES string of the molecule is COCC(Cl)CN(C)C(=O)c1cc([N+](=O)[O-])cn1C. The maximum Gasteiger partial charge on any atom is 0.287 e. The van der Waals surface area contributed by atoms with E-state index >= 15 is 0 Å². The minimum Gasteiger partial charge on any atom is -0.383 e. The first-order chi connectivity index (χ1) is 8.86. The number of ether oxygens (including phenoxy) is 1. The molecule has 19 heavy (non-hydrogen) atoms. The fourth-order valence-electron chi connectivity index (χ4n) is 1.67. The Morgan fingerprint density at radius 1 is 1.68 bits per heavy atom. The molecule has 1 rings (SSSR count). The molecule has 0 aliphatic rings. The number of nitrogens with zero attached hydrogens (tertiary/aromatic N) is 3. The highest BCUT2D eigenvalue weighted by Crippen LogP contribution is 2.16. The Labute approximate surface area is 115 Å². The lowest BCUT2D eigenvalue weighted by Gasteiger charge is -2.20. The monoisotopic (exact) mass is 289 g/mol. The zero-order chi connectivity index (χ0) is 14.6. The summed E-state index contributed by atoms with van der Waals surface area (Å²) in [4.78, 5) is 23.7. The molecule has 0 bridgehead atoms. The lowest BCUT2D eigenvalue weighted by atomic mass is 10.3. The Kier molecular flexibility index (Phi) is 5.31. The van der Waals surface area contributed by atoms with Gasteiger partial charge in [-0.05, 0) is 0 Å². The number of amides is 1. The van der Waals surface area contributed by atoms with Gasteiger partial charge in [0.05, 0.1) is 23.1 Å². The van der Waals surface area contributed by atoms with Crippen LogP contribution >= 0.6 is 11.6 Å². The summed E-state index contributed by atoms with van der Waals surface area (Å²) in [6.07, 6.45) is 1.30. The van der Waals surface area contributed by atoms with E-state index in [9.17, 15) is 14.9 Å². The van der Waals surface area contributed by atoms with E-state index in [1.807, 2.05) is 0 Å². The Balaban J connectivity index is 2.79. The molecule has 0 aliphatic heterocycles. The molecule has 8 heteroatoms. The summed E-state index contributed by atoms with van der Waals surface area (Å²) >= 11 is 5.97. The summed E-state index contributed by atoms with van der Waals surface area (Å²) in [7, 11) is 4.70. The number of aryl methyl sites for hydroxylation is 1. The molecule has 1 amide bonds. The van der Waals surface area contributed by atoms with Crippen molar-refractivity contribution >= 4 is 23.2 Å². The second kappa shape index (κ2) is 6.53. The molecule has 1 atom stereocenters. The number of aromatic nitrogens is 1. The molecule has 0 aliphatic carbocycles. The summed E-state index contributed by atoms with van der Waals surface area (Å²) in [6.45, 7) is 0.625. The van der Waals surface area contributed by atoms with Crippen molar-refractivity contribution in [3.8, 4) is 0 Å². The first-order valence-corrected chi connectivity index (χ1v) is 5.99. The van der Waals surface area contributed by atoms with Gasteiger partial charge >= 0.3 is 0 Å². The van der Waals surface area contributed by atoms with E-state index in [1.165, 1.54) is 28.8 Å². The van der Waals surface area contributed by atoms with Crippen molar-refractivity contribution in [3.05, 3.63) is 28.1 Å². The third-order valence-electron chi connectivity index (χ3n) is 2.59. The van der Waals surface area contributed by atoms with Gasteiger partial charge in [-0.1, -0.05) is 0 Å². The number of hydrogen-bond acceptors (Lipinski definition) is 4. The summed E-state index contributed by atoms with van der Waals surface area (Å²) in [5, 5.41) is 10.3. The van der Waals surface area contributed by atoms with Crippen LogP contribution in [0.5, 0.6) is 0 Å². The number of halogens is 1. The van der Waals surface area contributed by atoms with Crippen LogP contribution in [0.25, 0.3) is 0 Å². The average molecular weight is 290 g/mol. The summed E-state index contributed by atoms with van der Waals surface area (Å²) < 4.78 is 6.31. The normalized spacial score (nSPS) is 12.2. The topological polar surface area (TPSA) is 77.6 Å². The number of hydrogen-bond donors (Lipinski definition) is 0. The van der Waals surface area contributed by atoms with Gasteiger partial charge in [-0.2, -0.15) is 0 Å². The Morgan fingerprint density at radius 3 is 2.79 bits per heavy atom. The fourth-order valence-corrected chi connectivity index (χ4v) is 2.00.